The monoisotopic (exact) mass is 355 g/mol. The predicted octanol–water partition coefficient (Wildman–Crippen LogP) is 3.14. The Balaban J connectivity index is 1.80. The van der Waals surface area contributed by atoms with Gasteiger partial charge in [-0.05, 0) is 25.1 Å². The molecule has 0 aliphatic carbocycles. The lowest BCUT2D eigenvalue weighted by molar-refractivity contribution is 0.199. The molecule has 0 bridgehead atoms. The van der Waals surface area contributed by atoms with Gasteiger partial charge < -0.3 is 10.1 Å². The van der Waals surface area contributed by atoms with Gasteiger partial charge in [0.25, 0.3) is 0 Å². The predicted molar refractivity (Wildman–Crippen MR) is 86.1 cm³/mol. The molecule has 2 aromatic rings. The number of hydrogen-bond donors (Lipinski definition) is 1. The standard InChI is InChI=1S/C14H18BrN3OS/c1-19-9-8-16-7-3-6-13-17-18-14(20-13)11-4-2-5-12(15)10-11/h2,4-5,10,16H,3,6-9H2,1H3. The number of halogens is 1. The quantitative estimate of drug-likeness (QED) is 0.739. The molecule has 1 aromatic carbocycles. The molecule has 1 aromatic heterocycles. The molecule has 20 heavy (non-hydrogen) atoms. The van der Waals surface area contributed by atoms with Crippen LogP contribution >= 0.6 is 27.3 Å². The fourth-order valence-electron chi connectivity index (χ4n) is 1.76. The van der Waals surface area contributed by atoms with Crippen molar-refractivity contribution in [3.05, 3.63) is 33.7 Å². The Morgan fingerprint density at radius 1 is 1.30 bits per heavy atom. The van der Waals surface area contributed by atoms with E-state index in [2.05, 4.69) is 43.6 Å². The molecule has 0 radical (unpaired) electrons. The van der Waals surface area contributed by atoms with Crippen LogP contribution in [0.2, 0.25) is 0 Å². The minimum atomic E-state index is 0.756. The van der Waals surface area contributed by atoms with Crippen molar-refractivity contribution < 1.29 is 4.74 Å². The molecule has 4 nitrogen and oxygen atoms in total. The van der Waals surface area contributed by atoms with E-state index in [4.69, 9.17) is 4.74 Å². The molecule has 6 heteroatoms. The lowest BCUT2D eigenvalue weighted by Gasteiger charge is -2.01. The van der Waals surface area contributed by atoms with Gasteiger partial charge in [-0.2, -0.15) is 0 Å². The normalized spacial score (nSPS) is 10.9. The van der Waals surface area contributed by atoms with Crippen LogP contribution in [0.15, 0.2) is 28.7 Å². The highest BCUT2D eigenvalue weighted by atomic mass is 79.9. The molecule has 1 heterocycles. The molecule has 0 spiro atoms. The van der Waals surface area contributed by atoms with E-state index in [-0.39, 0.29) is 0 Å². The Hall–Kier alpha value is -0.820. The number of hydrogen-bond acceptors (Lipinski definition) is 5. The number of ether oxygens (including phenoxy) is 1. The first kappa shape index (κ1) is 15.6. The fourth-order valence-corrected chi connectivity index (χ4v) is 3.03. The zero-order valence-corrected chi connectivity index (χ0v) is 13.8. The van der Waals surface area contributed by atoms with Gasteiger partial charge in [0.05, 0.1) is 6.61 Å². The van der Waals surface area contributed by atoms with Gasteiger partial charge in [-0.25, -0.2) is 0 Å². The largest absolute Gasteiger partial charge is 0.383 e. The molecule has 0 fully saturated rings. The van der Waals surface area contributed by atoms with Crippen molar-refractivity contribution in [1.29, 1.82) is 0 Å². The molecule has 0 saturated carbocycles. The first-order valence-electron chi connectivity index (χ1n) is 6.57. The van der Waals surface area contributed by atoms with E-state index in [0.717, 1.165) is 52.6 Å². The third-order valence-electron chi connectivity index (χ3n) is 2.77. The van der Waals surface area contributed by atoms with Crippen molar-refractivity contribution in [2.75, 3.05) is 26.8 Å². The van der Waals surface area contributed by atoms with Crippen molar-refractivity contribution in [3.8, 4) is 10.6 Å². The number of methoxy groups -OCH3 is 1. The van der Waals surface area contributed by atoms with Crippen molar-refractivity contribution >= 4 is 27.3 Å². The topological polar surface area (TPSA) is 47.0 Å². The maximum atomic E-state index is 4.98. The van der Waals surface area contributed by atoms with Gasteiger partial charge in [0, 0.05) is 30.1 Å². The van der Waals surface area contributed by atoms with Crippen LogP contribution in [-0.4, -0.2) is 37.0 Å². The summed E-state index contributed by atoms with van der Waals surface area (Å²) in [6.07, 6.45) is 2.03. The fraction of sp³-hybridized carbons (Fsp3) is 0.429. The lowest BCUT2D eigenvalue weighted by atomic mass is 10.2. The first-order valence-corrected chi connectivity index (χ1v) is 8.18. The maximum Gasteiger partial charge on any atom is 0.147 e. The third-order valence-corrected chi connectivity index (χ3v) is 4.29. The van der Waals surface area contributed by atoms with Crippen LogP contribution in [0, 0.1) is 0 Å². The Morgan fingerprint density at radius 3 is 3.00 bits per heavy atom. The Bertz CT molecular complexity index is 533. The Kier molecular flexibility index (Phi) is 6.59. The van der Waals surface area contributed by atoms with Crippen molar-refractivity contribution in [2.45, 2.75) is 12.8 Å². The average Bonchev–Trinajstić information content (AvgIpc) is 2.91. The molecule has 0 aliphatic rings. The summed E-state index contributed by atoms with van der Waals surface area (Å²) in [6, 6.07) is 8.15. The van der Waals surface area contributed by atoms with E-state index in [1.54, 1.807) is 18.4 Å². The Labute approximate surface area is 131 Å². The molecule has 0 saturated heterocycles. The number of nitrogens with one attached hydrogen (secondary N) is 1. The van der Waals surface area contributed by atoms with Gasteiger partial charge in [0.15, 0.2) is 0 Å². The van der Waals surface area contributed by atoms with E-state index in [1.807, 2.05) is 12.1 Å². The van der Waals surface area contributed by atoms with E-state index in [0.29, 0.717) is 0 Å². The van der Waals surface area contributed by atoms with Crippen LogP contribution in [0.4, 0.5) is 0 Å². The van der Waals surface area contributed by atoms with E-state index >= 15 is 0 Å². The van der Waals surface area contributed by atoms with Gasteiger partial charge in [0.1, 0.15) is 10.0 Å². The second-order valence-electron chi connectivity index (χ2n) is 4.36. The zero-order chi connectivity index (χ0) is 14.2. The number of rotatable bonds is 8. The summed E-state index contributed by atoms with van der Waals surface area (Å²) in [5, 5.41) is 13.9. The molecular formula is C14H18BrN3OS. The van der Waals surface area contributed by atoms with Gasteiger partial charge in [-0.15, -0.1) is 10.2 Å². The van der Waals surface area contributed by atoms with Crippen LogP contribution < -0.4 is 5.32 Å². The summed E-state index contributed by atoms with van der Waals surface area (Å²) in [7, 11) is 1.71. The molecule has 0 unspecified atom stereocenters. The molecule has 2 rings (SSSR count). The third kappa shape index (κ3) is 4.94. The number of aryl methyl sites for hydroxylation is 1. The summed E-state index contributed by atoms with van der Waals surface area (Å²) in [5.41, 5.74) is 1.11. The smallest absolute Gasteiger partial charge is 0.147 e. The van der Waals surface area contributed by atoms with Crippen LogP contribution in [0.3, 0.4) is 0 Å². The van der Waals surface area contributed by atoms with Crippen LogP contribution in [0.25, 0.3) is 10.6 Å². The summed E-state index contributed by atoms with van der Waals surface area (Å²) in [6.45, 7) is 2.64. The SMILES string of the molecule is COCCNCCCc1nnc(-c2cccc(Br)c2)s1. The minimum Gasteiger partial charge on any atom is -0.383 e. The molecular weight excluding hydrogens is 338 g/mol. The van der Waals surface area contributed by atoms with Gasteiger partial charge in [-0.1, -0.05) is 39.4 Å². The van der Waals surface area contributed by atoms with Crippen molar-refractivity contribution in [2.24, 2.45) is 0 Å². The van der Waals surface area contributed by atoms with E-state index in [9.17, 15) is 0 Å². The molecule has 0 aliphatic heterocycles. The highest BCUT2D eigenvalue weighted by molar-refractivity contribution is 9.10. The van der Waals surface area contributed by atoms with Crippen LogP contribution in [0.1, 0.15) is 11.4 Å². The van der Waals surface area contributed by atoms with Crippen molar-refractivity contribution in [3.63, 3.8) is 0 Å². The molecule has 108 valence electrons. The number of benzene rings is 1. The maximum absolute atomic E-state index is 4.98. The minimum absolute atomic E-state index is 0.756. The second-order valence-corrected chi connectivity index (χ2v) is 6.34. The lowest BCUT2D eigenvalue weighted by Crippen LogP contribution is -2.20. The van der Waals surface area contributed by atoms with Gasteiger partial charge >= 0.3 is 0 Å². The molecule has 0 amide bonds. The Morgan fingerprint density at radius 2 is 2.20 bits per heavy atom. The van der Waals surface area contributed by atoms with E-state index in [1.165, 1.54) is 0 Å². The highest BCUT2D eigenvalue weighted by Gasteiger charge is 2.06. The van der Waals surface area contributed by atoms with Crippen LogP contribution in [0.5, 0.6) is 0 Å². The molecule has 0 atom stereocenters. The summed E-state index contributed by atoms with van der Waals surface area (Å²) < 4.78 is 6.05. The van der Waals surface area contributed by atoms with E-state index < -0.39 is 0 Å². The summed E-state index contributed by atoms with van der Waals surface area (Å²) in [4.78, 5) is 0. The summed E-state index contributed by atoms with van der Waals surface area (Å²) >= 11 is 5.14. The van der Waals surface area contributed by atoms with Crippen LogP contribution in [-0.2, 0) is 11.2 Å². The highest BCUT2D eigenvalue weighted by Crippen LogP contribution is 2.26. The zero-order valence-electron chi connectivity index (χ0n) is 11.4. The van der Waals surface area contributed by atoms with Gasteiger partial charge in [0.2, 0.25) is 0 Å². The first-order chi connectivity index (χ1) is 9.79. The van der Waals surface area contributed by atoms with Gasteiger partial charge in [-0.3, -0.25) is 0 Å². The number of nitrogens with zero attached hydrogens (tertiary/aromatic N) is 2. The average molecular weight is 356 g/mol. The van der Waals surface area contributed by atoms with Crippen molar-refractivity contribution in [1.82, 2.24) is 15.5 Å². The second kappa shape index (κ2) is 8.46. The number of aromatic nitrogens is 2. The molecule has 1 N–H and O–H groups in total. The summed E-state index contributed by atoms with van der Waals surface area (Å²) in [5.74, 6) is 0.